The Labute approximate surface area is 291 Å². The van der Waals surface area contributed by atoms with E-state index in [4.69, 9.17) is 4.74 Å². The number of aryl methyl sites for hydroxylation is 1. The molecule has 1 aromatic heterocycles. The van der Waals surface area contributed by atoms with E-state index >= 15 is 0 Å². The quantitative estimate of drug-likeness (QED) is 0.358. The number of carbonyl (C=O) groups is 4. The topological polar surface area (TPSA) is 164 Å². The zero-order chi connectivity index (χ0) is 36.0. The van der Waals surface area contributed by atoms with Gasteiger partial charge in [0.05, 0.1) is 28.3 Å². The number of aromatic nitrogens is 1. The Morgan fingerprint density at radius 2 is 1.88 bits per heavy atom. The largest absolute Gasteiger partial charge is 0.446 e. The molecule has 3 saturated carbocycles. The molecule has 270 valence electrons. The molecule has 4 amide bonds. The number of alkyl halides is 3. The molecule has 50 heavy (non-hydrogen) atoms. The van der Waals surface area contributed by atoms with Gasteiger partial charge in [0.25, 0.3) is 5.91 Å². The number of allylic oxidation sites excluding steroid dienone is 1. The van der Waals surface area contributed by atoms with Crippen LogP contribution in [0.2, 0.25) is 0 Å². The number of nitrogens with one attached hydrogen (secondary N) is 3. The monoisotopic (exact) mass is 737 g/mol. The molecule has 17 heteroatoms. The Hall–Kier alpha value is -3.99. The highest BCUT2D eigenvalue weighted by Gasteiger charge is 2.62. The van der Waals surface area contributed by atoms with E-state index in [9.17, 15) is 40.8 Å². The molecule has 0 bridgehead atoms. The second-order valence-electron chi connectivity index (χ2n) is 13.5. The van der Waals surface area contributed by atoms with Crippen molar-refractivity contribution in [1.82, 2.24) is 19.9 Å². The van der Waals surface area contributed by atoms with E-state index in [1.807, 2.05) is 12.2 Å². The van der Waals surface area contributed by atoms with Gasteiger partial charge in [0.15, 0.2) is 0 Å². The van der Waals surface area contributed by atoms with Crippen LogP contribution in [-0.2, 0) is 35.3 Å². The van der Waals surface area contributed by atoms with Crippen molar-refractivity contribution < 1.29 is 45.5 Å². The molecule has 0 saturated heterocycles. The number of hydrogen-bond donors (Lipinski definition) is 3. The second-order valence-corrected chi connectivity index (χ2v) is 16.7. The van der Waals surface area contributed by atoms with E-state index in [1.54, 1.807) is 20.2 Å². The molecule has 3 N–H and O–H groups in total. The van der Waals surface area contributed by atoms with Gasteiger partial charge < -0.3 is 15.0 Å². The number of ether oxygens (including phenoxy) is 1. The summed E-state index contributed by atoms with van der Waals surface area (Å²) < 4.78 is 73.9. The van der Waals surface area contributed by atoms with Crippen LogP contribution in [0.5, 0.6) is 0 Å². The first-order valence-electron chi connectivity index (χ1n) is 16.5. The number of carbonyl (C=O) groups excluding carboxylic acids is 4. The lowest BCUT2D eigenvalue weighted by atomic mass is 9.93. The van der Waals surface area contributed by atoms with Gasteiger partial charge in [-0.25, -0.2) is 18.2 Å². The molecule has 1 aromatic carbocycles. The highest BCUT2D eigenvalue weighted by molar-refractivity contribution is 7.91. The van der Waals surface area contributed by atoms with Crippen molar-refractivity contribution in [3.05, 3.63) is 47.0 Å². The number of benzene rings is 1. The Bertz CT molecular complexity index is 1830. The van der Waals surface area contributed by atoms with Gasteiger partial charge in [-0.2, -0.15) is 13.2 Å². The van der Waals surface area contributed by atoms with Crippen molar-refractivity contribution in [3.8, 4) is 10.6 Å². The average molecular weight is 738 g/mol. The third kappa shape index (κ3) is 7.67. The van der Waals surface area contributed by atoms with E-state index < -0.39 is 74.3 Å². The van der Waals surface area contributed by atoms with Crippen LogP contribution in [0.15, 0.2) is 36.5 Å². The highest BCUT2D eigenvalue weighted by Crippen LogP contribution is 2.47. The zero-order valence-corrected chi connectivity index (χ0v) is 29.1. The number of hydrogen-bond acceptors (Lipinski definition) is 9. The van der Waals surface area contributed by atoms with Gasteiger partial charge in [-0.3, -0.25) is 24.4 Å². The number of fused-ring (bicyclic) bond motifs is 2. The molecular weight excluding hydrogens is 700 g/mol. The fourth-order valence-corrected chi connectivity index (χ4v) is 8.84. The van der Waals surface area contributed by atoms with Crippen molar-refractivity contribution >= 4 is 50.9 Å². The molecule has 3 aliphatic carbocycles. The Morgan fingerprint density at radius 3 is 2.56 bits per heavy atom. The summed E-state index contributed by atoms with van der Waals surface area (Å²) in [6, 6.07) is 2.90. The molecule has 12 nitrogen and oxygen atoms in total. The van der Waals surface area contributed by atoms with E-state index in [-0.39, 0.29) is 36.4 Å². The Morgan fingerprint density at radius 1 is 1.14 bits per heavy atom. The minimum absolute atomic E-state index is 0.0472. The number of rotatable bonds is 6. The maximum Gasteiger partial charge on any atom is 0.416 e. The van der Waals surface area contributed by atoms with Crippen LogP contribution in [-0.4, -0.2) is 72.6 Å². The summed E-state index contributed by atoms with van der Waals surface area (Å²) in [5.74, 6) is -4.28. The van der Waals surface area contributed by atoms with Gasteiger partial charge in [-0.05, 0) is 76.5 Å². The second kappa shape index (κ2) is 13.6. The van der Waals surface area contributed by atoms with E-state index in [2.05, 4.69) is 20.3 Å². The minimum Gasteiger partial charge on any atom is -0.446 e. The molecule has 2 heterocycles. The number of sulfonamides is 1. The fourth-order valence-electron chi connectivity index (χ4n) is 6.67. The summed E-state index contributed by atoms with van der Waals surface area (Å²) in [5, 5.41) is 4.91. The normalized spacial score (nSPS) is 28.1. The summed E-state index contributed by atoms with van der Waals surface area (Å²) in [5.41, 5.74) is -2.43. The Balaban J connectivity index is 1.22. The van der Waals surface area contributed by atoms with Gasteiger partial charge in [0, 0.05) is 36.1 Å². The highest BCUT2D eigenvalue weighted by atomic mass is 32.2. The van der Waals surface area contributed by atoms with Gasteiger partial charge in [0.1, 0.15) is 16.7 Å². The van der Waals surface area contributed by atoms with Crippen LogP contribution in [0, 0.1) is 24.7 Å². The average Bonchev–Trinajstić information content (AvgIpc) is 3.93. The SMILES string of the molecule is Cc1cnc(-c2ccc(C(F)(F)F)cc2NC(=O)O[C@@H]2C[C@H]3C(=O)N[C@]4(C(=O)NS(=O)(=O)C5CC5)C[C@H]4/C=C/CCCCN(C)C(=O)[C@@H]3C2)s1. The maximum atomic E-state index is 13.9. The molecule has 0 radical (unpaired) electrons. The van der Waals surface area contributed by atoms with Crippen LogP contribution in [0.4, 0.5) is 23.7 Å². The maximum absolute atomic E-state index is 13.9. The first kappa shape index (κ1) is 35.8. The van der Waals surface area contributed by atoms with E-state index in [1.165, 1.54) is 22.3 Å². The van der Waals surface area contributed by atoms with Gasteiger partial charge >= 0.3 is 12.3 Å². The Kier molecular flexibility index (Phi) is 9.76. The van der Waals surface area contributed by atoms with Crippen molar-refractivity contribution in [2.75, 3.05) is 18.9 Å². The summed E-state index contributed by atoms with van der Waals surface area (Å²) in [7, 11) is -2.29. The molecule has 2 aromatic rings. The molecule has 6 rings (SSSR count). The van der Waals surface area contributed by atoms with E-state index in [0.717, 1.165) is 23.4 Å². The lowest BCUT2D eigenvalue weighted by Gasteiger charge is -2.26. The standard InChI is InChI=1S/C33H38F3N5O7S2/c1-18-17-37-28(49-18)23-11-8-19(33(34,35)36)13-26(23)38-31(45)48-21-14-24-25(15-21)29(43)41(2)12-6-4-3-5-7-20-16-32(20,39-27(24)42)30(44)40-50(46,47)22-9-10-22/h5,7-8,11,13,17,20-22,24-25H,3-4,6,9-10,12,14-16H2,1-2H3,(H,38,45)(H,39,42)(H,40,44)/b7-5+/t20-,21-,24-,25-,32-/m1/s1. The van der Waals surface area contributed by atoms with Crippen molar-refractivity contribution in [3.63, 3.8) is 0 Å². The van der Waals surface area contributed by atoms with Crippen LogP contribution < -0.4 is 15.4 Å². The summed E-state index contributed by atoms with van der Waals surface area (Å²) in [6.07, 6.45) is 1.51. The first-order chi connectivity index (χ1) is 23.6. The molecule has 0 unspecified atom stereocenters. The first-order valence-corrected chi connectivity index (χ1v) is 18.8. The number of anilines is 1. The van der Waals surface area contributed by atoms with Crippen molar-refractivity contribution in [2.45, 2.75) is 81.4 Å². The van der Waals surface area contributed by atoms with Crippen molar-refractivity contribution in [2.24, 2.45) is 17.8 Å². The molecule has 3 fully saturated rings. The van der Waals surface area contributed by atoms with Gasteiger partial charge in [-0.1, -0.05) is 12.2 Å². The number of nitrogens with zero attached hydrogens (tertiary/aromatic N) is 2. The van der Waals surface area contributed by atoms with Gasteiger partial charge in [0.2, 0.25) is 21.8 Å². The third-order valence-corrected chi connectivity index (χ3v) is 12.5. The van der Waals surface area contributed by atoms with Crippen LogP contribution in [0.3, 0.4) is 0 Å². The van der Waals surface area contributed by atoms with Crippen LogP contribution in [0.25, 0.3) is 10.6 Å². The van der Waals surface area contributed by atoms with E-state index in [0.29, 0.717) is 37.2 Å². The fraction of sp³-hybridized carbons (Fsp3) is 0.545. The number of thiazole rings is 1. The predicted molar refractivity (Wildman–Crippen MR) is 177 cm³/mol. The van der Waals surface area contributed by atoms with Crippen molar-refractivity contribution in [1.29, 1.82) is 0 Å². The summed E-state index contributed by atoms with van der Waals surface area (Å²) >= 11 is 1.23. The zero-order valence-electron chi connectivity index (χ0n) is 27.4. The minimum atomic E-state index is -4.69. The van der Waals surface area contributed by atoms with Gasteiger partial charge in [-0.15, -0.1) is 11.3 Å². The number of halogens is 3. The molecule has 1 aliphatic heterocycles. The summed E-state index contributed by atoms with van der Waals surface area (Å²) in [6.45, 7) is 2.21. The summed E-state index contributed by atoms with van der Waals surface area (Å²) in [4.78, 5) is 60.8. The predicted octanol–water partition coefficient (Wildman–Crippen LogP) is 4.76. The lowest BCUT2D eigenvalue weighted by Crippen LogP contribution is -2.54. The molecule has 4 aliphatic rings. The molecular formula is C33H38F3N5O7S2. The van der Waals surface area contributed by atoms with Crippen LogP contribution >= 0.6 is 11.3 Å². The third-order valence-electron chi connectivity index (χ3n) is 9.71. The lowest BCUT2D eigenvalue weighted by molar-refractivity contribution is -0.140. The molecule has 5 atom stereocenters. The molecule has 0 spiro atoms. The smallest absolute Gasteiger partial charge is 0.416 e. The van der Waals surface area contributed by atoms with Crippen LogP contribution in [0.1, 0.15) is 61.8 Å². The number of amides is 4.